The van der Waals surface area contributed by atoms with Crippen LogP contribution in [-0.2, 0) is 0 Å². The van der Waals surface area contributed by atoms with Crippen molar-refractivity contribution in [1.29, 1.82) is 0 Å². The number of hydrogen-bond donors (Lipinski definition) is 1. The molecule has 8 heavy (non-hydrogen) atoms. The molecular formula is C6H12ClN. The topological polar surface area (TPSA) is 26.0 Å². The molecule has 1 nitrogen and oxygen atoms in total. The molecule has 0 radical (unpaired) electrons. The van der Waals surface area contributed by atoms with E-state index in [1.807, 2.05) is 0 Å². The Morgan fingerprint density at radius 2 is 2.12 bits per heavy atom. The molecule has 0 heterocycles. The maximum Gasteiger partial charge on any atom is 0.0376 e. The quantitative estimate of drug-likeness (QED) is 0.496. The van der Waals surface area contributed by atoms with Gasteiger partial charge in [-0.2, -0.15) is 0 Å². The van der Waals surface area contributed by atoms with Crippen molar-refractivity contribution < 1.29 is 0 Å². The van der Waals surface area contributed by atoms with Crippen LogP contribution in [0, 0.1) is 5.92 Å². The van der Waals surface area contributed by atoms with E-state index in [2.05, 4.69) is 6.92 Å². The third-order valence-corrected chi connectivity index (χ3v) is 2.43. The molecular weight excluding hydrogens is 122 g/mol. The average molecular weight is 134 g/mol. The molecule has 0 aromatic carbocycles. The van der Waals surface area contributed by atoms with Crippen molar-refractivity contribution in [2.45, 2.75) is 31.2 Å². The van der Waals surface area contributed by atoms with Crippen LogP contribution in [0.15, 0.2) is 0 Å². The van der Waals surface area contributed by atoms with Gasteiger partial charge in [0.2, 0.25) is 0 Å². The summed E-state index contributed by atoms with van der Waals surface area (Å²) in [5.41, 5.74) is 5.63. The van der Waals surface area contributed by atoms with E-state index in [0.29, 0.717) is 17.3 Å². The molecule has 0 aromatic rings. The van der Waals surface area contributed by atoms with Gasteiger partial charge in [0, 0.05) is 11.4 Å². The van der Waals surface area contributed by atoms with Crippen LogP contribution in [0.1, 0.15) is 19.8 Å². The molecule has 0 saturated heterocycles. The summed E-state index contributed by atoms with van der Waals surface area (Å²) in [6.07, 6.45) is 2.11. The predicted octanol–water partition coefficient (Wildman–Crippen LogP) is 1.35. The third-order valence-electron chi connectivity index (χ3n) is 1.82. The zero-order valence-electron chi connectivity index (χ0n) is 5.10. The number of halogens is 1. The van der Waals surface area contributed by atoms with E-state index in [9.17, 15) is 0 Å². The smallest absolute Gasteiger partial charge is 0.0376 e. The molecule has 2 N–H and O–H groups in total. The molecule has 0 aromatic heterocycles. The molecule has 0 bridgehead atoms. The number of rotatable bonds is 0. The second-order valence-corrected chi connectivity index (χ2v) is 3.29. The highest BCUT2D eigenvalue weighted by molar-refractivity contribution is 6.21. The first-order valence-corrected chi connectivity index (χ1v) is 3.53. The third kappa shape index (κ3) is 1.15. The summed E-state index contributed by atoms with van der Waals surface area (Å²) in [6.45, 7) is 2.16. The molecule has 0 aliphatic heterocycles. The van der Waals surface area contributed by atoms with Crippen LogP contribution < -0.4 is 5.73 Å². The highest BCUT2D eigenvalue weighted by Gasteiger charge is 2.26. The maximum absolute atomic E-state index is 5.88. The molecule has 1 saturated carbocycles. The van der Waals surface area contributed by atoms with Crippen molar-refractivity contribution in [3.05, 3.63) is 0 Å². The minimum Gasteiger partial charge on any atom is -0.328 e. The lowest BCUT2D eigenvalue weighted by Gasteiger charge is -2.02. The number of nitrogens with two attached hydrogens (primary N) is 1. The van der Waals surface area contributed by atoms with E-state index < -0.39 is 0 Å². The van der Waals surface area contributed by atoms with Gasteiger partial charge in [-0.15, -0.1) is 11.6 Å². The van der Waals surface area contributed by atoms with Gasteiger partial charge in [0.25, 0.3) is 0 Å². The van der Waals surface area contributed by atoms with E-state index in [4.69, 9.17) is 17.3 Å². The van der Waals surface area contributed by atoms with E-state index in [1.54, 1.807) is 0 Å². The van der Waals surface area contributed by atoms with Crippen molar-refractivity contribution in [3.63, 3.8) is 0 Å². The summed E-state index contributed by atoms with van der Waals surface area (Å²) in [7, 11) is 0. The molecule has 0 amide bonds. The lowest BCUT2D eigenvalue weighted by molar-refractivity contribution is 0.598. The van der Waals surface area contributed by atoms with Gasteiger partial charge in [-0.1, -0.05) is 6.92 Å². The molecule has 1 rings (SSSR count). The Labute approximate surface area is 55.2 Å². The SMILES string of the molecule is CC1CC(N)CC1Cl. The Bertz CT molecular complexity index is 74.6. The van der Waals surface area contributed by atoms with E-state index >= 15 is 0 Å². The number of alkyl halides is 1. The molecule has 1 aliphatic rings. The average Bonchev–Trinajstić information content (AvgIpc) is 1.85. The fourth-order valence-corrected chi connectivity index (χ4v) is 1.57. The van der Waals surface area contributed by atoms with Gasteiger partial charge < -0.3 is 5.73 Å². The van der Waals surface area contributed by atoms with Crippen LogP contribution in [0.2, 0.25) is 0 Å². The Hall–Kier alpha value is 0.250. The van der Waals surface area contributed by atoms with Crippen LogP contribution in [0.5, 0.6) is 0 Å². The van der Waals surface area contributed by atoms with Gasteiger partial charge >= 0.3 is 0 Å². The highest BCUT2D eigenvalue weighted by Crippen LogP contribution is 2.28. The van der Waals surface area contributed by atoms with Gasteiger partial charge in [0.15, 0.2) is 0 Å². The van der Waals surface area contributed by atoms with Crippen LogP contribution >= 0.6 is 11.6 Å². The fourth-order valence-electron chi connectivity index (χ4n) is 1.24. The molecule has 3 unspecified atom stereocenters. The second-order valence-electron chi connectivity index (χ2n) is 2.72. The maximum atomic E-state index is 5.88. The summed E-state index contributed by atoms with van der Waals surface area (Å²) in [4.78, 5) is 0. The van der Waals surface area contributed by atoms with E-state index in [-0.39, 0.29) is 0 Å². The molecule has 1 aliphatic carbocycles. The molecule has 1 fully saturated rings. The normalized spacial score (nSPS) is 47.6. The Morgan fingerprint density at radius 3 is 2.25 bits per heavy atom. The van der Waals surface area contributed by atoms with Crippen molar-refractivity contribution >= 4 is 11.6 Å². The lowest BCUT2D eigenvalue weighted by Crippen LogP contribution is -2.14. The molecule has 0 spiro atoms. The van der Waals surface area contributed by atoms with Crippen LogP contribution in [0.3, 0.4) is 0 Å². The molecule has 3 atom stereocenters. The monoisotopic (exact) mass is 133 g/mol. The van der Waals surface area contributed by atoms with Crippen molar-refractivity contribution in [1.82, 2.24) is 0 Å². The van der Waals surface area contributed by atoms with Crippen molar-refractivity contribution in [2.75, 3.05) is 0 Å². The van der Waals surface area contributed by atoms with Gasteiger partial charge in [-0.25, -0.2) is 0 Å². The first-order chi connectivity index (χ1) is 3.70. The van der Waals surface area contributed by atoms with Gasteiger partial charge in [0.1, 0.15) is 0 Å². The summed E-state index contributed by atoms with van der Waals surface area (Å²) in [6, 6.07) is 0.368. The van der Waals surface area contributed by atoms with Crippen LogP contribution in [0.4, 0.5) is 0 Å². The first kappa shape index (κ1) is 6.37. The Kier molecular flexibility index (Phi) is 1.78. The Balaban J connectivity index is 2.39. The Morgan fingerprint density at radius 1 is 1.50 bits per heavy atom. The van der Waals surface area contributed by atoms with Crippen LogP contribution in [-0.4, -0.2) is 11.4 Å². The predicted molar refractivity (Wildman–Crippen MR) is 36.0 cm³/mol. The molecule has 2 heteroatoms. The summed E-state index contributed by atoms with van der Waals surface area (Å²) >= 11 is 5.88. The highest BCUT2D eigenvalue weighted by atomic mass is 35.5. The second kappa shape index (κ2) is 2.24. The lowest BCUT2D eigenvalue weighted by atomic mass is 10.1. The number of hydrogen-bond acceptors (Lipinski definition) is 1. The van der Waals surface area contributed by atoms with E-state index in [0.717, 1.165) is 12.8 Å². The summed E-state index contributed by atoms with van der Waals surface area (Å²) in [5, 5.41) is 0.338. The van der Waals surface area contributed by atoms with Crippen molar-refractivity contribution in [3.8, 4) is 0 Å². The molecule has 48 valence electrons. The van der Waals surface area contributed by atoms with E-state index in [1.165, 1.54) is 0 Å². The van der Waals surface area contributed by atoms with Crippen molar-refractivity contribution in [2.24, 2.45) is 11.7 Å². The summed E-state index contributed by atoms with van der Waals surface area (Å²) < 4.78 is 0. The standard InChI is InChI=1S/C6H12ClN/c1-4-2-5(8)3-6(4)7/h4-6H,2-3,8H2,1H3. The van der Waals surface area contributed by atoms with Gasteiger partial charge in [-0.05, 0) is 18.8 Å². The fraction of sp³-hybridized carbons (Fsp3) is 1.00. The minimum atomic E-state index is 0.338. The minimum absolute atomic E-state index is 0.338. The zero-order chi connectivity index (χ0) is 6.15. The zero-order valence-corrected chi connectivity index (χ0v) is 5.86. The summed E-state index contributed by atoms with van der Waals surface area (Å²) in [5.74, 6) is 0.631. The van der Waals surface area contributed by atoms with Gasteiger partial charge in [-0.3, -0.25) is 0 Å². The first-order valence-electron chi connectivity index (χ1n) is 3.10. The largest absolute Gasteiger partial charge is 0.328 e. The van der Waals surface area contributed by atoms with Gasteiger partial charge in [0.05, 0.1) is 0 Å². The van der Waals surface area contributed by atoms with Crippen LogP contribution in [0.25, 0.3) is 0 Å².